The van der Waals surface area contributed by atoms with Crippen molar-refractivity contribution in [2.24, 2.45) is 18.7 Å². The van der Waals surface area contributed by atoms with Crippen molar-refractivity contribution in [2.45, 2.75) is 32.9 Å². The second-order valence-electron chi connectivity index (χ2n) is 5.63. The zero-order valence-corrected chi connectivity index (χ0v) is 12.8. The number of rotatable bonds is 8. The van der Waals surface area contributed by atoms with Crippen molar-refractivity contribution in [1.29, 1.82) is 0 Å². The van der Waals surface area contributed by atoms with E-state index >= 15 is 0 Å². The fraction of sp³-hybridized carbons (Fsp3) is 0.786. The molecule has 110 valence electrons. The number of aromatic nitrogens is 2. The summed E-state index contributed by atoms with van der Waals surface area (Å²) in [4.78, 5) is 2.40. The molecular formula is C14H28N4O. The zero-order chi connectivity index (χ0) is 14.4. The van der Waals surface area contributed by atoms with E-state index in [2.05, 4.69) is 30.8 Å². The smallest absolute Gasteiger partial charge is 0.0589 e. The van der Waals surface area contributed by atoms with E-state index in [-0.39, 0.29) is 12.1 Å². The molecule has 1 aromatic heterocycles. The van der Waals surface area contributed by atoms with Gasteiger partial charge in [0.2, 0.25) is 0 Å². The minimum absolute atomic E-state index is 0.0554. The van der Waals surface area contributed by atoms with E-state index < -0.39 is 0 Å². The van der Waals surface area contributed by atoms with Crippen LogP contribution in [0.5, 0.6) is 0 Å². The highest BCUT2D eigenvalue weighted by atomic mass is 16.5. The third-order valence-corrected chi connectivity index (χ3v) is 3.14. The topological polar surface area (TPSA) is 56.3 Å². The molecule has 2 unspecified atom stereocenters. The molecule has 0 aromatic carbocycles. The number of nitrogens with two attached hydrogens (primary N) is 1. The second kappa shape index (κ2) is 7.62. The third kappa shape index (κ3) is 4.93. The normalized spacial score (nSPS) is 15.2. The molecule has 2 N–H and O–H groups in total. The Labute approximate surface area is 116 Å². The van der Waals surface area contributed by atoms with Crippen LogP contribution in [0.1, 0.15) is 32.4 Å². The van der Waals surface area contributed by atoms with E-state index in [0.29, 0.717) is 5.92 Å². The fourth-order valence-corrected chi connectivity index (χ4v) is 2.46. The van der Waals surface area contributed by atoms with Gasteiger partial charge in [-0.15, -0.1) is 0 Å². The van der Waals surface area contributed by atoms with Crippen LogP contribution in [0, 0.1) is 5.92 Å². The first kappa shape index (κ1) is 16.1. The molecule has 0 aliphatic rings. The summed E-state index contributed by atoms with van der Waals surface area (Å²) in [6.07, 6.45) is 3.96. The summed E-state index contributed by atoms with van der Waals surface area (Å²) in [7, 11) is 3.67. The molecule has 5 nitrogen and oxygen atoms in total. The van der Waals surface area contributed by atoms with Crippen molar-refractivity contribution in [1.82, 2.24) is 14.7 Å². The predicted molar refractivity (Wildman–Crippen MR) is 77.9 cm³/mol. The number of ether oxygens (including phenoxy) is 1. The van der Waals surface area contributed by atoms with Crippen molar-refractivity contribution >= 4 is 0 Å². The highest BCUT2D eigenvalue weighted by molar-refractivity contribution is 5.13. The van der Waals surface area contributed by atoms with E-state index in [1.165, 1.54) is 5.56 Å². The number of nitrogens with zero attached hydrogens (tertiary/aromatic N) is 3. The van der Waals surface area contributed by atoms with Gasteiger partial charge in [0.1, 0.15) is 0 Å². The van der Waals surface area contributed by atoms with E-state index in [1.54, 1.807) is 7.11 Å². The van der Waals surface area contributed by atoms with Gasteiger partial charge in [0.25, 0.3) is 0 Å². The standard InChI is InChI=1S/C14H28N4O/c1-11(2)9-18(6-7-19-5)14(12(3)15)13-8-16-17(4)10-13/h8,10-12,14H,6-7,9,15H2,1-5H3. The Bertz CT molecular complexity index is 362. The number of hydrogen-bond acceptors (Lipinski definition) is 4. The largest absolute Gasteiger partial charge is 0.383 e. The van der Waals surface area contributed by atoms with Crippen molar-refractivity contribution in [3.05, 3.63) is 18.0 Å². The molecule has 0 bridgehead atoms. The maximum absolute atomic E-state index is 6.21. The summed E-state index contributed by atoms with van der Waals surface area (Å²) >= 11 is 0. The lowest BCUT2D eigenvalue weighted by Crippen LogP contribution is -2.42. The average molecular weight is 268 g/mol. The minimum Gasteiger partial charge on any atom is -0.383 e. The molecule has 0 spiro atoms. The lowest BCUT2D eigenvalue weighted by molar-refractivity contribution is 0.101. The molecule has 1 heterocycles. The first-order valence-corrected chi connectivity index (χ1v) is 6.92. The van der Waals surface area contributed by atoms with Crippen molar-refractivity contribution in [2.75, 3.05) is 26.8 Å². The van der Waals surface area contributed by atoms with E-state index in [1.807, 2.05) is 24.1 Å². The Morgan fingerprint density at radius 2 is 2.11 bits per heavy atom. The molecule has 1 rings (SSSR count). The highest BCUT2D eigenvalue weighted by Gasteiger charge is 2.25. The summed E-state index contributed by atoms with van der Waals surface area (Å²) in [5.74, 6) is 0.592. The molecule has 0 saturated carbocycles. The van der Waals surface area contributed by atoms with Gasteiger partial charge in [-0.2, -0.15) is 5.10 Å². The summed E-state index contributed by atoms with van der Waals surface area (Å²) < 4.78 is 7.05. The van der Waals surface area contributed by atoms with Gasteiger partial charge in [-0.05, 0) is 12.8 Å². The Balaban J connectivity index is 2.90. The molecule has 5 heteroatoms. The molecule has 2 atom stereocenters. The summed E-state index contributed by atoms with van der Waals surface area (Å²) in [6, 6.07) is 0.242. The van der Waals surface area contributed by atoms with Crippen LogP contribution in [0.15, 0.2) is 12.4 Å². The monoisotopic (exact) mass is 268 g/mol. The van der Waals surface area contributed by atoms with E-state index in [4.69, 9.17) is 10.5 Å². The quantitative estimate of drug-likeness (QED) is 0.774. The Kier molecular flexibility index (Phi) is 6.48. The molecule has 0 radical (unpaired) electrons. The first-order valence-electron chi connectivity index (χ1n) is 6.92. The van der Waals surface area contributed by atoms with Gasteiger partial charge in [0.15, 0.2) is 0 Å². The minimum atomic E-state index is 0.0554. The summed E-state index contributed by atoms with van der Waals surface area (Å²) in [5.41, 5.74) is 7.38. The average Bonchev–Trinajstić information content (AvgIpc) is 2.71. The number of aryl methyl sites for hydroxylation is 1. The number of hydrogen-bond donors (Lipinski definition) is 1. The zero-order valence-electron chi connectivity index (χ0n) is 12.8. The van der Waals surface area contributed by atoms with Crippen LogP contribution < -0.4 is 5.73 Å². The van der Waals surface area contributed by atoms with Crippen LogP contribution in [-0.4, -0.2) is 47.5 Å². The van der Waals surface area contributed by atoms with Crippen molar-refractivity contribution in [3.8, 4) is 0 Å². The maximum atomic E-state index is 6.21. The Morgan fingerprint density at radius 3 is 2.53 bits per heavy atom. The molecule has 0 aliphatic carbocycles. The van der Waals surface area contributed by atoms with Gasteiger partial charge in [0.05, 0.1) is 18.8 Å². The van der Waals surface area contributed by atoms with E-state index in [9.17, 15) is 0 Å². The SMILES string of the molecule is COCCN(CC(C)C)C(c1cnn(C)c1)C(C)N. The van der Waals surface area contributed by atoms with Gasteiger partial charge < -0.3 is 10.5 Å². The van der Waals surface area contributed by atoms with Crippen molar-refractivity contribution in [3.63, 3.8) is 0 Å². The molecule has 19 heavy (non-hydrogen) atoms. The van der Waals surface area contributed by atoms with Crippen molar-refractivity contribution < 1.29 is 4.74 Å². The van der Waals surface area contributed by atoms with Crippen LogP contribution in [0.3, 0.4) is 0 Å². The Hall–Kier alpha value is -0.910. The number of methoxy groups -OCH3 is 1. The molecule has 0 saturated heterocycles. The van der Waals surface area contributed by atoms with Crippen LogP contribution in [0.2, 0.25) is 0 Å². The lowest BCUT2D eigenvalue weighted by atomic mass is 10.0. The van der Waals surface area contributed by atoms with Gasteiger partial charge >= 0.3 is 0 Å². The van der Waals surface area contributed by atoms with Gasteiger partial charge in [-0.3, -0.25) is 9.58 Å². The van der Waals surface area contributed by atoms with Crippen LogP contribution in [0.25, 0.3) is 0 Å². The second-order valence-corrected chi connectivity index (χ2v) is 5.63. The molecule has 1 aromatic rings. The molecule has 0 amide bonds. The highest BCUT2D eigenvalue weighted by Crippen LogP contribution is 2.24. The molecule has 0 fully saturated rings. The van der Waals surface area contributed by atoms with Crippen LogP contribution in [-0.2, 0) is 11.8 Å². The van der Waals surface area contributed by atoms with Gasteiger partial charge in [0, 0.05) is 45.0 Å². The van der Waals surface area contributed by atoms with Gasteiger partial charge in [-0.25, -0.2) is 0 Å². The fourth-order valence-electron chi connectivity index (χ4n) is 2.46. The van der Waals surface area contributed by atoms with Crippen LogP contribution >= 0.6 is 0 Å². The predicted octanol–water partition coefficient (Wildman–Crippen LogP) is 1.41. The Morgan fingerprint density at radius 1 is 1.42 bits per heavy atom. The molecule has 0 aliphatic heterocycles. The van der Waals surface area contributed by atoms with Crippen LogP contribution in [0.4, 0.5) is 0 Å². The molecular weight excluding hydrogens is 240 g/mol. The van der Waals surface area contributed by atoms with E-state index in [0.717, 1.165) is 19.7 Å². The maximum Gasteiger partial charge on any atom is 0.0589 e. The summed E-state index contributed by atoms with van der Waals surface area (Å²) in [5, 5.41) is 4.26. The lowest BCUT2D eigenvalue weighted by Gasteiger charge is -2.34. The first-order chi connectivity index (χ1) is 8.95. The van der Waals surface area contributed by atoms with Gasteiger partial charge in [-0.1, -0.05) is 13.8 Å². The summed E-state index contributed by atoms with van der Waals surface area (Å²) in [6.45, 7) is 9.11. The third-order valence-electron chi connectivity index (χ3n) is 3.14.